The van der Waals surface area contributed by atoms with Crippen molar-refractivity contribution in [2.75, 3.05) is 13.6 Å². The maximum atomic E-state index is 12.8. The number of alkyl halides is 3. The Kier molecular flexibility index (Phi) is 5.31. The highest BCUT2D eigenvalue weighted by atomic mass is 32.2. The highest BCUT2D eigenvalue weighted by Crippen LogP contribution is 2.32. The average molecular weight is 326 g/mol. The van der Waals surface area contributed by atoms with E-state index >= 15 is 0 Å². The summed E-state index contributed by atoms with van der Waals surface area (Å²) in [5.41, 5.74) is -0.221. The molecular formula is C11H13F3N2O4S. The van der Waals surface area contributed by atoms with Crippen molar-refractivity contribution in [3.05, 3.63) is 35.4 Å². The van der Waals surface area contributed by atoms with Crippen LogP contribution in [0.5, 0.6) is 0 Å². The SMILES string of the molecule is CN(CC(=O)NO)S(=O)(=O)Cc1ccccc1C(F)(F)F. The topological polar surface area (TPSA) is 86.7 Å². The Morgan fingerprint density at radius 1 is 1.33 bits per heavy atom. The van der Waals surface area contributed by atoms with Gasteiger partial charge in [0, 0.05) is 7.05 Å². The molecule has 0 heterocycles. The summed E-state index contributed by atoms with van der Waals surface area (Å²) < 4.78 is 62.8. The normalized spacial score (nSPS) is 12.5. The van der Waals surface area contributed by atoms with Gasteiger partial charge in [-0.2, -0.15) is 17.5 Å². The first-order chi connectivity index (χ1) is 9.58. The molecule has 0 aromatic heterocycles. The molecule has 0 aliphatic heterocycles. The lowest BCUT2D eigenvalue weighted by atomic mass is 10.1. The van der Waals surface area contributed by atoms with Gasteiger partial charge in [-0.05, 0) is 11.6 Å². The summed E-state index contributed by atoms with van der Waals surface area (Å²) in [6.07, 6.45) is -4.67. The molecule has 1 aromatic carbocycles. The van der Waals surface area contributed by atoms with Crippen LogP contribution in [0.25, 0.3) is 0 Å². The van der Waals surface area contributed by atoms with Gasteiger partial charge in [0.15, 0.2) is 0 Å². The number of sulfonamides is 1. The van der Waals surface area contributed by atoms with Crippen molar-refractivity contribution >= 4 is 15.9 Å². The lowest BCUT2D eigenvalue weighted by molar-refractivity contribution is -0.138. The maximum absolute atomic E-state index is 12.8. The number of amides is 1. The molecule has 1 aromatic rings. The van der Waals surface area contributed by atoms with E-state index in [0.717, 1.165) is 25.2 Å². The fourth-order valence-electron chi connectivity index (χ4n) is 1.57. The van der Waals surface area contributed by atoms with E-state index in [9.17, 15) is 26.4 Å². The van der Waals surface area contributed by atoms with Crippen molar-refractivity contribution in [3.63, 3.8) is 0 Å². The van der Waals surface area contributed by atoms with Gasteiger partial charge in [-0.25, -0.2) is 13.9 Å². The zero-order chi connectivity index (χ0) is 16.3. The Morgan fingerprint density at radius 2 is 1.90 bits per heavy atom. The van der Waals surface area contributed by atoms with Crippen LogP contribution in [0.3, 0.4) is 0 Å². The highest BCUT2D eigenvalue weighted by molar-refractivity contribution is 7.88. The molecule has 0 saturated carbocycles. The predicted molar refractivity (Wildman–Crippen MR) is 66.6 cm³/mol. The second-order valence-electron chi connectivity index (χ2n) is 4.20. The Bertz CT molecular complexity index is 616. The second-order valence-corrected chi connectivity index (χ2v) is 6.28. The number of carbonyl (C=O) groups excluding carboxylic acids is 1. The number of carbonyl (C=O) groups is 1. The molecule has 1 rings (SSSR count). The van der Waals surface area contributed by atoms with Crippen molar-refractivity contribution < 1.29 is 31.6 Å². The van der Waals surface area contributed by atoms with Gasteiger partial charge in [0.1, 0.15) is 0 Å². The van der Waals surface area contributed by atoms with Crippen LogP contribution < -0.4 is 5.48 Å². The minimum atomic E-state index is -4.67. The third kappa shape index (κ3) is 4.69. The first kappa shape index (κ1) is 17.4. The summed E-state index contributed by atoms with van der Waals surface area (Å²) in [5, 5.41) is 8.32. The van der Waals surface area contributed by atoms with Crippen molar-refractivity contribution in [1.82, 2.24) is 9.79 Å². The first-order valence-electron chi connectivity index (χ1n) is 5.60. The number of hydrogen-bond donors (Lipinski definition) is 2. The smallest absolute Gasteiger partial charge is 0.289 e. The Labute approximate surface area is 119 Å². The first-order valence-corrected chi connectivity index (χ1v) is 7.21. The third-order valence-corrected chi connectivity index (χ3v) is 4.38. The summed E-state index contributed by atoms with van der Waals surface area (Å²) in [6.45, 7) is -0.701. The van der Waals surface area contributed by atoms with Crippen LogP contribution in [0, 0.1) is 0 Å². The summed E-state index contributed by atoms with van der Waals surface area (Å²) in [5.74, 6) is -1.90. The second kappa shape index (κ2) is 6.41. The minimum Gasteiger partial charge on any atom is -0.289 e. The number of benzene rings is 1. The molecule has 0 aliphatic carbocycles. The zero-order valence-electron chi connectivity index (χ0n) is 10.9. The van der Waals surface area contributed by atoms with Gasteiger partial charge in [0.2, 0.25) is 10.0 Å². The quantitative estimate of drug-likeness (QED) is 0.624. The van der Waals surface area contributed by atoms with Crippen LogP contribution in [-0.2, 0) is 26.7 Å². The lowest BCUT2D eigenvalue weighted by Crippen LogP contribution is -2.37. The van der Waals surface area contributed by atoms with Crippen LogP contribution in [0.15, 0.2) is 24.3 Å². The van der Waals surface area contributed by atoms with Gasteiger partial charge in [-0.3, -0.25) is 10.0 Å². The van der Waals surface area contributed by atoms with Crippen molar-refractivity contribution in [1.29, 1.82) is 0 Å². The van der Waals surface area contributed by atoms with E-state index in [-0.39, 0.29) is 0 Å². The van der Waals surface area contributed by atoms with E-state index in [4.69, 9.17) is 5.21 Å². The molecule has 0 atom stereocenters. The number of nitrogens with zero attached hydrogens (tertiary/aromatic N) is 1. The van der Waals surface area contributed by atoms with Crippen LogP contribution in [0.4, 0.5) is 13.2 Å². The molecule has 21 heavy (non-hydrogen) atoms. The number of hydrogen-bond acceptors (Lipinski definition) is 4. The Balaban J connectivity index is 3.03. The maximum Gasteiger partial charge on any atom is 0.416 e. The Hall–Kier alpha value is -1.65. The van der Waals surface area contributed by atoms with Crippen LogP contribution in [-0.4, -0.2) is 37.4 Å². The van der Waals surface area contributed by atoms with Crippen molar-refractivity contribution in [2.45, 2.75) is 11.9 Å². The van der Waals surface area contributed by atoms with Crippen molar-refractivity contribution in [3.8, 4) is 0 Å². The molecule has 0 spiro atoms. The van der Waals surface area contributed by atoms with Crippen LogP contribution in [0.2, 0.25) is 0 Å². The summed E-state index contributed by atoms with van der Waals surface area (Å²) >= 11 is 0. The van der Waals surface area contributed by atoms with Gasteiger partial charge >= 0.3 is 6.18 Å². The molecule has 1 amide bonds. The number of halogens is 3. The molecule has 2 N–H and O–H groups in total. The van der Waals surface area contributed by atoms with E-state index in [1.54, 1.807) is 0 Å². The van der Waals surface area contributed by atoms with Crippen LogP contribution >= 0.6 is 0 Å². The third-order valence-electron chi connectivity index (χ3n) is 2.63. The van der Waals surface area contributed by atoms with E-state index in [2.05, 4.69) is 0 Å². The van der Waals surface area contributed by atoms with Crippen molar-refractivity contribution in [2.24, 2.45) is 0 Å². The van der Waals surface area contributed by atoms with E-state index < -0.39 is 45.5 Å². The summed E-state index contributed by atoms with van der Waals surface area (Å²) in [4.78, 5) is 10.9. The number of hydroxylamine groups is 1. The fraction of sp³-hybridized carbons (Fsp3) is 0.364. The van der Waals surface area contributed by atoms with E-state index in [0.29, 0.717) is 4.31 Å². The number of rotatable bonds is 5. The lowest BCUT2D eigenvalue weighted by Gasteiger charge is -2.18. The van der Waals surface area contributed by atoms with Crippen LogP contribution in [0.1, 0.15) is 11.1 Å². The molecule has 6 nitrogen and oxygen atoms in total. The van der Waals surface area contributed by atoms with Gasteiger partial charge in [-0.15, -0.1) is 0 Å². The van der Waals surface area contributed by atoms with Gasteiger partial charge in [0.25, 0.3) is 5.91 Å². The largest absolute Gasteiger partial charge is 0.416 e. The van der Waals surface area contributed by atoms with E-state index in [1.165, 1.54) is 11.5 Å². The molecule has 0 saturated heterocycles. The molecule has 10 heteroatoms. The van der Waals surface area contributed by atoms with E-state index in [1.807, 2.05) is 0 Å². The standard InChI is InChI=1S/C11H13F3N2O4S/c1-16(6-10(17)15-18)21(19,20)7-8-4-2-3-5-9(8)11(12,13)14/h2-5,18H,6-7H2,1H3,(H,15,17). The molecule has 118 valence electrons. The summed E-state index contributed by atoms with van der Waals surface area (Å²) in [6, 6.07) is 4.29. The molecule has 0 bridgehead atoms. The number of nitrogens with one attached hydrogen (secondary N) is 1. The number of likely N-dealkylation sites (N-methyl/N-ethyl adjacent to an activating group) is 1. The molecule has 0 fully saturated rings. The molecule has 0 aliphatic rings. The monoisotopic (exact) mass is 326 g/mol. The zero-order valence-corrected chi connectivity index (χ0v) is 11.7. The molecule has 0 unspecified atom stereocenters. The fourth-order valence-corrected chi connectivity index (χ4v) is 2.74. The highest BCUT2D eigenvalue weighted by Gasteiger charge is 2.34. The molecule has 0 radical (unpaired) electrons. The van der Waals surface area contributed by atoms with Gasteiger partial charge < -0.3 is 0 Å². The molecular weight excluding hydrogens is 313 g/mol. The minimum absolute atomic E-state index is 0.416. The summed E-state index contributed by atoms with van der Waals surface area (Å²) in [7, 11) is -3.11. The Morgan fingerprint density at radius 3 is 2.43 bits per heavy atom. The van der Waals surface area contributed by atoms with Gasteiger partial charge in [0.05, 0.1) is 17.9 Å². The van der Waals surface area contributed by atoms with Gasteiger partial charge in [-0.1, -0.05) is 18.2 Å². The average Bonchev–Trinajstić information content (AvgIpc) is 2.37. The predicted octanol–water partition coefficient (Wildman–Crippen LogP) is 0.972.